The van der Waals surface area contributed by atoms with Gasteiger partial charge in [0, 0.05) is 52.0 Å². The fourth-order valence-electron chi connectivity index (χ4n) is 2.72. The number of ether oxygens (including phenoxy) is 2. The highest BCUT2D eigenvalue weighted by atomic mass is 127. The molecule has 1 unspecified atom stereocenters. The minimum Gasteiger partial charge on any atom is -0.478 e. The first kappa shape index (κ1) is 21.0. The van der Waals surface area contributed by atoms with E-state index in [0.717, 1.165) is 44.1 Å². The molecule has 0 bridgehead atoms. The molecule has 1 fully saturated rings. The number of hydrogen-bond acceptors (Lipinski definition) is 4. The number of nitrogens with one attached hydrogen (secondary N) is 1. The van der Waals surface area contributed by atoms with Crippen LogP contribution in [-0.4, -0.2) is 56.3 Å². The van der Waals surface area contributed by atoms with Gasteiger partial charge in [-0.05, 0) is 18.4 Å². The summed E-state index contributed by atoms with van der Waals surface area (Å²) in [4.78, 5) is 11.0. The van der Waals surface area contributed by atoms with E-state index >= 15 is 0 Å². The summed E-state index contributed by atoms with van der Waals surface area (Å²) in [6.07, 6.45) is 3.99. The number of guanidine groups is 1. The second-order valence-corrected chi connectivity index (χ2v) is 5.81. The average Bonchev–Trinajstić information content (AvgIpc) is 3.03. The van der Waals surface area contributed by atoms with Crippen molar-refractivity contribution in [1.82, 2.24) is 15.2 Å². The molecule has 1 aliphatic heterocycles. The van der Waals surface area contributed by atoms with Crippen LogP contribution in [0.1, 0.15) is 25.3 Å². The molecule has 0 aromatic carbocycles. The lowest BCUT2D eigenvalue weighted by Gasteiger charge is -2.21. The van der Waals surface area contributed by atoms with Gasteiger partial charge in [-0.2, -0.15) is 0 Å². The topological polar surface area (TPSA) is 59.0 Å². The van der Waals surface area contributed by atoms with Crippen molar-refractivity contribution in [3.8, 4) is 5.88 Å². The molecular weight excluding hydrogens is 419 g/mol. The summed E-state index contributed by atoms with van der Waals surface area (Å²) in [5.41, 5.74) is 1.11. The number of pyridine rings is 1. The molecule has 1 N–H and O–H groups in total. The van der Waals surface area contributed by atoms with Crippen LogP contribution in [0.4, 0.5) is 0 Å². The predicted molar refractivity (Wildman–Crippen MR) is 107 cm³/mol. The molecule has 0 aliphatic carbocycles. The number of hydrogen-bond donors (Lipinski definition) is 1. The molecule has 7 heteroatoms. The Morgan fingerprint density at radius 2 is 2.29 bits per heavy atom. The number of likely N-dealkylation sites (tertiary alicyclic amines) is 1. The maximum atomic E-state index is 5.50. The van der Waals surface area contributed by atoms with Gasteiger partial charge in [0.2, 0.25) is 5.88 Å². The molecular formula is C17H29IN4O2. The summed E-state index contributed by atoms with van der Waals surface area (Å²) >= 11 is 0. The summed E-state index contributed by atoms with van der Waals surface area (Å²) in [7, 11) is 3.59. The lowest BCUT2D eigenvalue weighted by Crippen LogP contribution is -2.39. The molecule has 0 spiro atoms. The SMILES string of the molecule is CCCOc1ccc(CNC(=NC)N2CCC(COC)C2)cn1.I. The monoisotopic (exact) mass is 448 g/mol. The zero-order valence-corrected chi connectivity index (χ0v) is 17.2. The zero-order chi connectivity index (χ0) is 16.5. The molecule has 136 valence electrons. The first-order valence-electron chi connectivity index (χ1n) is 8.29. The number of methoxy groups -OCH3 is 1. The Labute approximate surface area is 162 Å². The van der Waals surface area contributed by atoms with Gasteiger partial charge in [0.1, 0.15) is 0 Å². The maximum absolute atomic E-state index is 5.50. The first-order valence-corrected chi connectivity index (χ1v) is 8.29. The molecule has 0 saturated carbocycles. The van der Waals surface area contributed by atoms with Crippen LogP contribution in [0.25, 0.3) is 0 Å². The Bertz CT molecular complexity index is 496. The molecule has 24 heavy (non-hydrogen) atoms. The van der Waals surface area contributed by atoms with Crippen LogP contribution in [0.5, 0.6) is 5.88 Å². The second kappa shape index (κ2) is 11.5. The molecule has 1 saturated heterocycles. The van der Waals surface area contributed by atoms with Crippen LogP contribution in [0, 0.1) is 5.92 Å². The Morgan fingerprint density at radius 1 is 1.46 bits per heavy atom. The minimum absolute atomic E-state index is 0. The van der Waals surface area contributed by atoms with Gasteiger partial charge in [0.15, 0.2) is 5.96 Å². The molecule has 1 aromatic heterocycles. The van der Waals surface area contributed by atoms with Gasteiger partial charge in [-0.3, -0.25) is 4.99 Å². The molecule has 0 radical (unpaired) electrons. The van der Waals surface area contributed by atoms with Crippen LogP contribution in [0.15, 0.2) is 23.3 Å². The first-order chi connectivity index (χ1) is 11.3. The van der Waals surface area contributed by atoms with E-state index in [4.69, 9.17) is 9.47 Å². The van der Waals surface area contributed by atoms with Crippen molar-refractivity contribution >= 4 is 29.9 Å². The lowest BCUT2D eigenvalue weighted by molar-refractivity contribution is 0.157. The van der Waals surface area contributed by atoms with E-state index in [0.29, 0.717) is 24.9 Å². The summed E-state index contributed by atoms with van der Waals surface area (Å²) in [5.74, 6) is 2.21. The van der Waals surface area contributed by atoms with Crippen molar-refractivity contribution < 1.29 is 9.47 Å². The molecule has 1 aliphatic rings. The number of aliphatic imine (C=N–C) groups is 1. The summed E-state index contributed by atoms with van der Waals surface area (Å²) < 4.78 is 10.7. The molecule has 1 atom stereocenters. The van der Waals surface area contributed by atoms with Crippen molar-refractivity contribution in [2.75, 3.05) is 40.5 Å². The predicted octanol–water partition coefficient (Wildman–Crippen LogP) is 2.53. The fourth-order valence-corrected chi connectivity index (χ4v) is 2.72. The highest BCUT2D eigenvalue weighted by molar-refractivity contribution is 14.0. The van der Waals surface area contributed by atoms with Crippen molar-refractivity contribution in [2.45, 2.75) is 26.3 Å². The van der Waals surface area contributed by atoms with E-state index in [-0.39, 0.29) is 24.0 Å². The zero-order valence-electron chi connectivity index (χ0n) is 14.8. The molecule has 2 rings (SSSR count). The fraction of sp³-hybridized carbons (Fsp3) is 0.647. The summed E-state index contributed by atoms with van der Waals surface area (Å²) in [6, 6.07) is 3.95. The highest BCUT2D eigenvalue weighted by Crippen LogP contribution is 2.16. The third kappa shape index (κ3) is 6.43. The number of nitrogens with zero attached hydrogens (tertiary/aromatic N) is 3. The standard InChI is InChI=1S/C17H28N4O2.HI/c1-4-9-23-16-6-5-14(10-19-16)11-20-17(18-2)21-8-7-15(12-21)13-22-3;/h5-6,10,15H,4,7-9,11-13H2,1-3H3,(H,18,20);1H. The van der Waals surface area contributed by atoms with Crippen LogP contribution in [-0.2, 0) is 11.3 Å². The maximum Gasteiger partial charge on any atom is 0.213 e. The molecule has 2 heterocycles. The van der Waals surface area contributed by atoms with Crippen LogP contribution >= 0.6 is 24.0 Å². The quantitative estimate of drug-likeness (QED) is 0.395. The highest BCUT2D eigenvalue weighted by Gasteiger charge is 2.24. The Kier molecular flexibility index (Phi) is 10.0. The van der Waals surface area contributed by atoms with Crippen molar-refractivity contribution in [3.05, 3.63) is 23.9 Å². The smallest absolute Gasteiger partial charge is 0.213 e. The average molecular weight is 448 g/mol. The molecule has 0 amide bonds. The van der Waals surface area contributed by atoms with Crippen molar-refractivity contribution in [3.63, 3.8) is 0 Å². The Morgan fingerprint density at radius 3 is 2.92 bits per heavy atom. The van der Waals surface area contributed by atoms with Crippen molar-refractivity contribution in [2.24, 2.45) is 10.9 Å². The summed E-state index contributed by atoms with van der Waals surface area (Å²) in [6.45, 7) is 6.33. The number of rotatable bonds is 7. The second-order valence-electron chi connectivity index (χ2n) is 5.81. The van der Waals surface area contributed by atoms with Gasteiger partial charge in [0.05, 0.1) is 13.2 Å². The Balaban J connectivity index is 0.00000288. The van der Waals surface area contributed by atoms with E-state index in [9.17, 15) is 0 Å². The third-order valence-corrected chi connectivity index (χ3v) is 3.90. The van der Waals surface area contributed by atoms with Gasteiger partial charge in [0.25, 0.3) is 0 Å². The normalized spacial score (nSPS) is 17.5. The number of aromatic nitrogens is 1. The number of halogens is 1. The van der Waals surface area contributed by atoms with Gasteiger partial charge in [-0.25, -0.2) is 4.98 Å². The van der Waals surface area contributed by atoms with Crippen LogP contribution < -0.4 is 10.1 Å². The van der Waals surface area contributed by atoms with E-state index in [1.807, 2.05) is 25.4 Å². The van der Waals surface area contributed by atoms with Gasteiger partial charge in [-0.15, -0.1) is 24.0 Å². The van der Waals surface area contributed by atoms with Gasteiger partial charge < -0.3 is 19.7 Å². The summed E-state index contributed by atoms with van der Waals surface area (Å²) in [5, 5.41) is 3.41. The van der Waals surface area contributed by atoms with Gasteiger partial charge in [-0.1, -0.05) is 13.0 Å². The van der Waals surface area contributed by atoms with E-state index in [2.05, 4.69) is 27.1 Å². The largest absolute Gasteiger partial charge is 0.478 e. The minimum atomic E-state index is 0. The Hall–Kier alpha value is -1.09. The van der Waals surface area contributed by atoms with E-state index < -0.39 is 0 Å². The van der Waals surface area contributed by atoms with Crippen molar-refractivity contribution in [1.29, 1.82) is 0 Å². The van der Waals surface area contributed by atoms with Gasteiger partial charge >= 0.3 is 0 Å². The van der Waals surface area contributed by atoms with Crippen LogP contribution in [0.3, 0.4) is 0 Å². The van der Waals surface area contributed by atoms with E-state index in [1.54, 1.807) is 7.11 Å². The molecule has 6 nitrogen and oxygen atoms in total. The lowest BCUT2D eigenvalue weighted by atomic mass is 10.1. The molecule has 1 aromatic rings. The van der Waals surface area contributed by atoms with E-state index in [1.165, 1.54) is 0 Å². The van der Waals surface area contributed by atoms with Crippen LogP contribution in [0.2, 0.25) is 0 Å². The third-order valence-electron chi connectivity index (χ3n) is 3.90.